The summed E-state index contributed by atoms with van der Waals surface area (Å²) in [6.07, 6.45) is -0.508. The lowest BCUT2D eigenvalue weighted by Crippen LogP contribution is -2.55. The average molecular weight is 408 g/mol. The zero-order chi connectivity index (χ0) is 22.0. The number of nitrogens with two attached hydrogens (primary N) is 1. The first-order valence-electron chi connectivity index (χ1n) is 8.71. The molecule has 0 radical (unpaired) electrons. The van der Waals surface area contributed by atoms with Crippen LogP contribution in [0.3, 0.4) is 0 Å². The smallest absolute Gasteiger partial charge is 0.322 e. The summed E-state index contributed by atoms with van der Waals surface area (Å²) in [5.41, 5.74) is 6.68. The Balaban J connectivity index is 2.63. The van der Waals surface area contributed by atoms with Gasteiger partial charge in [0.25, 0.3) is 0 Å². The highest BCUT2D eigenvalue weighted by Gasteiger charge is 2.27. The highest BCUT2D eigenvalue weighted by molar-refractivity contribution is 5.95. The van der Waals surface area contributed by atoms with Gasteiger partial charge in [-0.05, 0) is 18.9 Å². The lowest BCUT2D eigenvalue weighted by molar-refractivity contribution is -0.141. The van der Waals surface area contributed by atoms with Crippen molar-refractivity contribution in [2.75, 3.05) is 6.54 Å². The van der Waals surface area contributed by atoms with Gasteiger partial charge in [-0.25, -0.2) is 0 Å². The van der Waals surface area contributed by atoms with Crippen LogP contribution in [0, 0.1) is 0 Å². The van der Waals surface area contributed by atoms with Crippen LogP contribution in [0.4, 0.5) is 0 Å². The van der Waals surface area contributed by atoms with Crippen molar-refractivity contribution in [3.8, 4) is 0 Å². The van der Waals surface area contributed by atoms with E-state index in [1.807, 2.05) is 11.4 Å². The summed E-state index contributed by atoms with van der Waals surface area (Å²) >= 11 is 0. The van der Waals surface area contributed by atoms with E-state index in [1.54, 1.807) is 24.3 Å². The Kier molecular flexibility index (Phi) is 9.26. The molecule has 29 heavy (non-hydrogen) atoms. The monoisotopic (exact) mass is 408 g/mol. The lowest BCUT2D eigenvalue weighted by Gasteiger charge is -2.21. The molecule has 3 atom stereocenters. The Morgan fingerprint density at radius 3 is 2.10 bits per heavy atom. The first kappa shape index (κ1) is 23.6. The number of amides is 3. The van der Waals surface area contributed by atoms with Gasteiger partial charge in [0.05, 0.1) is 12.5 Å². The van der Waals surface area contributed by atoms with Crippen molar-refractivity contribution >= 4 is 29.7 Å². The van der Waals surface area contributed by atoms with E-state index >= 15 is 0 Å². The van der Waals surface area contributed by atoms with Crippen LogP contribution in [0.5, 0.6) is 0 Å². The predicted molar refractivity (Wildman–Crippen MR) is 101 cm³/mol. The number of hydrogen-bond acceptors (Lipinski definition) is 6. The van der Waals surface area contributed by atoms with Gasteiger partial charge < -0.3 is 31.9 Å². The van der Waals surface area contributed by atoms with E-state index in [9.17, 15) is 24.0 Å². The standard InChI is InChI=1S/C18H24N4O7/c1-10(21-17(28)12(19)7-11-5-3-2-4-6-11)16(27)22-13(8-14(23)24)18(29)20-9-15(25)26/h2-6,10,12-13H,7-9,19H2,1H3,(H,20,29)(H,21,28)(H,22,27)(H,23,24)(H,25,26). The predicted octanol–water partition coefficient (Wildman–Crippen LogP) is -1.78. The maximum absolute atomic E-state index is 12.2. The number of nitrogens with one attached hydrogen (secondary N) is 3. The second-order valence-corrected chi connectivity index (χ2v) is 6.30. The molecule has 0 saturated heterocycles. The molecule has 1 rings (SSSR count). The number of benzene rings is 1. The first-order valence-corrected chi connectivity index (χ1v) is 8.71. The van der Waals surface area contributed by atoms with Crippen LogP contribution >= 0.6 is 0 Å². The molecule has 0 aromatic heterocycles. The second-order valence-electron chi connectivity index (χ2n) is 6.30. The lowest BCUT2D eigenvalue weighted by atomic mass is 10.1. The quantitative estimate of drug-likeness (QED) is 0.248. The minimum atomic E-state index is -1.50. The number of carboxylic acid groups (broad SMARTS) is 2. The van der Waals surface area contributed by atoms with Crippen LogP contribution in [0.2, 0.25) is 0 Å². The zero-order valence-electron chi connectivity index (χ0n) is 15.8. The SMILES string of the molecule is CC(NC(=O)C(N)Cc1ccccc1)C(=O)NC(CC(=O)O)C(=O)NCC(=O)O. The van der Waals surface area contributed by atoms with Gasteiger partial charge in [0, 0.05) is 0 Å². The van der Waals surface area contributed by atoms with Crippen LogP contribution in [0.25, 0.3) is 0 Å². The molecule has 0 spiro atoms. The molecule has 0 fully saturated rings. The Morgan fingerprint density at radius 1 is 0.931 bits per heavy atom. The second kappa shape index (κ2) is 11.4. The molecule has 7 N–H and O–H groups in total. The van der Waals surface area contributed by atoms with Crippen molar-refractivity contribution in [3.05, 3.63) is 35.9 Å². The maximum atomic E-state index is 12.2. The maximum Gasteiger partial charge on any atom is 0.322 e. The molecule has 0 aliphatic heterocycles. The summed E-state index contributed by atoms with van der Waals surface area (Å²) in [6, 6.07) is 5.50. The zero-order valence-corrected chi connectivity index (χ0v) is 15.8. The van der Waals surface area contributed by atoms with E-state index in [2.05, 4.69) is 10.6 Å². The van der Waals surface area contributed by atoms with Gasteiger partial charge in [0.1, 0.15) is 18.6 Å². The number of aliphatic carboxylic acids is 2. The van der Waals surface area contributed by atoms with Gasteiger partial charge in [-0.1, -0.05) is 30.3 Å². The number of carbonyl (C=O) groups excluding carboxylic acids is 3. The van der Waals surface area contributed by atoms with E-state index in [0.29, 0.717) is 0 Å². The summed E-state index contributed by atoms with van der Waals surface area (Å²) in [7, 11) is 0. The van der Waals surface area contributed by atoms with Crippen molar-refractivity contribution in [2.45, 2.75) is 37.9 Å². The normalized spacial score (nSPS) is 13.4. The molecule has 0 aliphatic rings. The molecule has 0 heterocycles. The van der Waals surface area contributed by atoms with Crippen molar-refractivity contribution in [1.29, 1.82) is 0 Å². The highest BCUT2D eigenvalue weighted by atomic mass is 16.4. The molecular weight excluding hydrogens is 384 g/mol. The topological polar surface area (TPSA) is 188 Å². The Bertz CT molecular complexity index is 754. The number of hydrogen-bond donors (Lipinski definition) is 6. The molecular formula is C18H24N4O7. The molecule has 0 aliphatic carbocycles. The number of rotatable bonds is 11. The van der Waals surface area contributed by atoms with Crippen LogP contribution in [0.15, 0.2) is 30.3 Å². The molecule has 3 amide bonds. The summed E-state index contributed by atoms with van der Waals surface area (Å²) < 4.78 is 0. The Labute approximate surface area is 166 Å². The first-order chi connectivity index (χ1) is 13.6. The van der Waals surface area contributed by atoms with E-state index in [1.165, 1.54) is 6.92 Å². The van der Waals surface area contributed by atoms with E-state index in [-0.39, 0.29) is 6.42 Å². The van der Waals surface area contributed by atoms with Crippen LogP contribution in [-0.4, -0.2) is 64.5 Å². The summed E-state index contributed by atoms with van der Waals surface area (Å²) in [6.45, 7) is 0.612. The fourth-order valence-corrected chi connectivity index (χ4v) is 2.31. The van der Waals surface area contributed by atoms with E-state index in [4.69, 9.17) is 15.9 Å². The molecule has 0 saturated carbocycles. The summed E-state index contributed by atoms with van der Waals surface area (Å²) in [5.74, 6) is -5.08. The fourth-order valence-electron chi connectivity index (χ4n) is 2.31. The van der Waals surface area contributed by atoms with Crippen LogP contribution < -0.4 is 21.7 Å². The van der Waals surface area contributed by atoms with E-state index < -0.39 is 60.8 Å². The van der Waals surface area contributed by atoms with Gasteiger partial charge >= 0.3 is 11.9 Å². The third-order valence-corrected chi connectivity index (χ3v) is 3.81. The third kappa shape index (κ3) is 8.84. The molecule has 1 aromatic rings. The number of carbonyl (C=O) groups is 5. The minimum Gasteiger partial charge on any atom is -0.481 e. The molecule has 1 aromatic carbocycles. The molecule has 158 valence electrons. The van der Waals surface area contributed by atoms with Crippen molar-refractivity contribution in [1.82, 2.24) is 16.0 Å². The van der Waals surface area contributed by atoms with E-state index in [0.717, 1.165) is 5.56 Å². The highest BCUT2D eigenvalue weighted by Crippen LogP contribution is 2.02. The van der Waals surface area contributed by atoms with Crippen molar-refractivity contribution < 1.29 is 34.2 Å². The van der Waals surface area contributed by atoms with Crippen LogP contribution in [-0.2, 0) is 30.4 Å². The number of carboxylic acids is 2. The largest absolute Gasteiger partial charge is 0.481 e. The average Bonchev–Trinajstić information content (AvgIpc) is 2.65. The van der Waals surface area contributed by atoms with Gasteiger partial charge in [0.15, 0.2) is 0 Å². The molecule has 11 nitrogen and oxygen atoms in total. The Hall–Kier alpha value is -3.47. The molecule has 0 bridgehead atoms. The van der Waals surface area contributed by atoms with Crippen molar-refractivity contribution in [2.24, 2.45) is 5.73 Å². The Morgan fingerprint density at radius 2 is 1.55 bits per heavy atom. The van der Waals surface area contributed by atoms with Crippen LogP contribution in [0.1, 0.15) is 18.9 Å². The van der Waals surface area contributed by atoms with Gasteiger partial charge in [-0.2, -0.15) is 0 Å². The summed E-state index contributed by atoms with van der Waals surface area (Å²) in [5, 5.41) is 24.0. The minimum absolute atomic E-state index is 0.250. The molecule has 11 heteroatoms. The van der Waals surface area contributed by atoms with Gasteiger partial charge in [-0.15, -0.1) is 0 Å². The van der Waals surface area contributed by atoms with Crippen molar-refractivity contribution in [3.63, 3.8) is 0 Å². The van der Waals surface area contributed by atoms with Gasteiger partial charge in [-0.3, -0.25) is 24.0 Å². The third-order valence-electron chi connectivity index (χ3n) is 3.81. The van der Waals surface area contributed by atoms with Gasteiger partial charge in [0.2, 0.25) is 17.7 Å². The summed E-state index contributed by atoms with van der Waals surface area (Å²) in [4.78, 5) is 57.8. The fraction of sp³-hybridized carbons (Fsp3) is 0.389. The molecule has 3 unspecified atom stereocenters.